The molecular weight excluding hydrogens is 596 g/mol. The molecule has 1 atom stereocenters. The Labute approximate surface area is 225 Å². The molecule has 0 fully saturated rings. The first-order valence-corrected chi connectivity index (χ1v) is 12.2. The summed E-state index contributed by atoms with van der Waals surface area (Å²) in [6.07, 6.45) is -1.29. The van der Waals surface area contributed by atoms with Gasteiger partial charge in [0.25, 0.3) is 5.91 Å². The van der Waals surface area contributed by atoms with Crippen molar-refractivity contribution in [3.8, 4) is 11.3 Å². The zero-order valence-electron chi connectivity index (χ0n) is 19.6. The van der Waals surface area contributed by atoms with Crippen LogP contribution in [0.25, 0.3) is 11.3 Å². The molecule has 190 valence electrons. The van der Waals surface area contributed by atoms with Gasteiger partial charge >= 0.3 is 6.18 Å². The first kappa shape index (κ1) is 26.6. The molecule has 0 aliphatic carbocycles. The number of nitrogens with zero attached hydrogens (tertiary/aromatic N) is 2. The number of aliphatic hydroxyl groups is 1. The van der Waals surface area contributed by atoms with Crippen molar-refractivity contribution in [3.63, 3.8) is 0 Å². The van der Waals surface area contributed by atoms with Gasteiger partial charge in [0.05, 0.1) is 30.3 Å². The van der Waals surface area contributed by atoms with Crippen LogP contribution in [0.1, 0.15) is 34.0 Å². The summed E-state index contributed by atoms with van der Waals surface area (Å²) < 4.78 is 38.4. The average molecular weight is 618 g/mol. The van der Waals surface area contributed by atoms with Crippen LogP contribution in [0.3, 0.4) is 0 Å². The molecule has 3 aromatic carbocycles. The third-order valence-corrected chi connectivity index (χ3v) is 6.44. The van der Waals surface area contributed by atoms with Crippen LogP contribution in [0.2, 0.25) is 0 Å². The van der Waals surface area contributed by atoms with Gasteiger partial charge in [-0.15, -0.1) is 0 Å². The number of amides is 1. The highest BCUT2D eigenvalue weighted by Gasteiger charge is 2.31. The predicted octanol–water partition coefficient (Wildman–Crippen LogP) is 6.63. The minimum Gasteiger partial charge on any atom is -0.392 e. The fraction of sp³-hybridized carbons (Fsp3) is 0.148. The van der Waals surface area contributed by atoms with Gasteiger partial charge < -0.3 is 15.7 Å². The number of halogens is 4. The van der Waals surface area contributed by atoms with Crippen LogP contribution >= 0.6 is 22.6 Å². The lowest BCUT2D eigenvalue weighted by molar-refractivity contribution is -0.137. The van der Waals surface area contributed by atoms with Crippen LogP contribution in [-0.2, 0) is 16.3 Å². The third kappa shape index (κ3) is 6.63. The second-order valence-corrected chi connectivity index (χ2v) is 10.5. The lowest BCUT2D eigenvalue weighted by Gasteiger charge is -2.26. The predicted molar refractivity (Wildman–Crippen MR) is 144 cm³/mol. The fourth-order valence-electron chi connectivity index (χ4n) is 3.59. The minimum absolute atomic E-state index is 0.0415. The highest BCUT2D eigenvalue weighted by molar-refractivity contribution is 14.1. The first-order chi connectivity index (χ1) is 17.5. The number of aliphatic hydroxyl groups excluding tert-OH is 1. The van der Waals surface area contributed by atoms with Crippen LogP contribution in [0, 0.1) is 0 Å². The molecule has 1 heterocycles. The van der Waals surface area contributed by atoms with Crippen molar-refractivity contribution in [1.29, 1.82) is 0 Å². The monoisotopic (exact) mass is 618 g/mol. The van der Waals surface area contributed by atoms with Crippen molar-refractivity contribution in [3.05, 3.63) is 107 Å². The number of carbonyl (C=O) groups excluding carboxylic acids is 1. The lowest BCUT2D eigenvalue weighted by atomic mass is 10.1. The van der Waals surface area contributed by atoms with Gasteiger partial charge in [0.2, 0.25) is 0 Å². The molecule has 1 amide bonds. The zero-order chi connectivity index (χ0) is 26.6. The maximum absolute atomic E-state index is 13.0. The second-order valence-electron chi connectivity index (χ2n) is 8.39. The summed E-state index contributed by atoms with van der Waals surface area (Å²) >= 11 is 2.21. The molecule has 0 aliphatic heterocycles. The van der Waals surface area contributed by atoms with Crippen molar-refractivity contribution in [1.82, 2.24) is 9.97 Å². The Hall–Kier alpha value is -3.51. The molecule has 37 heavy (non-hydrogen) atoms. The van der Waals surface area contributed by atoms with E-state index in [9.17, 15) is 23.1 Å². The van der Waals surface area contributed by atoms with Crippen molar-refractivity contribution in [2.75, 3.05) is 10.6 Å². The Kier molecular flexibility index (Phi) is 7.79. The van der Waals surface area contributed by atoms with E-state index < -0.39 is 21.2 Å². The van der Waals surface area contributed by atoms with Crippen molar-refractivity contribution in [2.45, 2.75) is 23.3 Å². The summed E-state index contributed by atoms with van der Waals surface area (Å²) in [5.41, 5.74) is 2.57. The topological polar surface area (TPSA) is 87.1 Å². The maximum atomic E-state index is 13.0. The van der Waals surface area contributed by atoms with Gasteiger partial charge in [0.15, 0.2) is 0 Å². The average Bonchev–Trinajstić information content (AvgIpc) is 2.88. The maximum Gasteiger partial charge on any atom is 0.416 e. The molecule has 1 aromatic heterocycles. The van der Waals surface area contributed by atoms with Crippen molar-refractivity contribution in [2.24, 2.45) is 0 Å². The summed E-state index contributed by atoms with van der Waals surface area (Å²) in [6, 6.07) is 18.7. The van der Waals surface area contributed by atoms with E-state index in [-0.39, 0.29) is 12.2 Å². The molecule has 10 heteroatoms. The molecule has 0 saturated heterocycles. The van der Waals surface area contributed by atoms with E-state index in [1.54, 1.807) is 30.6 Å². The highest BCUT2D eigenvalue weighted by atomic mass is 127. The smallest absolute Gasteiger partial charge is 0.392 e. The Morgan fingerprint density at radius 2 is 1.68 bits per heavy atom. The number of hydrogen-bond acceptors (Lipinski definition) is 5. The summed E-state index contributed by atoms with van der Waals surface area (Å²) in [6.45, 7) is 1.88. The van der Waals surface area contributed by atoms with Crippen LogP contribution in [0.4, 0.5) is 24.7 Å². The third-order valence-electron chi connectivity index (χ3n) is 5.54. The Bertz CT molecular complexity index is 1410. The quantitative estimate of drug-likeness (QED) is 0.123. The number of hydrogen-bond donors (Lipinski definition) is 3. The summed E-state index contributed by atoms with van der Waals surface area (Å²) in [4.78, 5) is 21.6. The van der Waals surface area contributed by atoms with Gasteiger partial charge in [0.1, 0.15) is 9.36 Å². The molecule has 0 aliphatic rings. The number of carbonyl (C=O) groups is 1. The molecule has 0 bridgehead atoms. The Balaban J connectivity index is 1.51. The number of nitrogens with one attached hydrogen (secondary N) is 2. The Morgan fingerprint density at radius 3 is 2.38 bits per heavy atom. The van der Waals surface area contributed by atoms with E-state index in [0.29, 0.717) is 17.2 Å². The molecule has 0 radical (unpaired) electrons. The first-order valence-electron chi connectivity index (χ1n) is 11.1. The zero-order valence-corrected chi connectivity index (χ0v) is 21.7. The summed E-state index contributed by atoms with van der Waals surface area (Å²) in [5.74, 6) is -0.115. The largest absolute Gasteiger partial charge is 0.416 e. The number of anilines is 2. The summed E-state index contributed by atoms with van der Waals surface area (Å²) in [5, 5.41) is 15.3. The number of benzene rings is 3. The van der Waals surface area contributed by atoms with Crippen LogP contribution in [0.5, 0.6) is 0 Å². The highest BCUT2D eigenvalue weighted by Crippen LogP contribution is 2.34. The van der Waals surface area contributed by atoms with E-state index in [1.807, 2.05) is 37.3 Å². The number of aromatic nitrogens is 2. The second kappa shape index (κ2) is 10.9. The van der Waals surface area contributed by atoms with Crippen LogP contribution < -0.4 is 10.6 Å². The van der Waals surface area contributed by atoms with Crippen molar-refractivity contribution >= 4 is 40.0 Å². The van der Waals surface area contributed by atoms with Crippen LogP contribution in [0.15, 0.2) is 85.2 Å². The van der Waals surface area contributed by atoms with Gasteiger partial charge in [-0.2, -0.15) is 13.2 Å². The molecule has 3 N–H and O–H groups in total. The normalized spacial score (nSPS) is 13.0. The summed E-state index contributed by atoms with van der Waals surface area (Å²) in [7, 11) is 0. The molecule has 1 unspecified atom stereocenters. The van der Waals surface area contributed by atoms with E-state index >= 15 is 0 Å². The fourth-order valence-corrected chi connectivity index (χ4v) is 4.20. The SMILES string of the molecule is CC(I)(Nc1cncc(-c2ccc(CO)cc2)n1)c1cccc(NC(=O)c2cccc(C(F)(F)F)c2)c1. The molecule has 0 spiro atoms. The van der Waals surface area contributed by atoms with E-state index in [1.165, 1.54) is 12.1 Å². The molecule has 6 nitrogen and oxygen atoms in total. The standard InChI is InChI=1S/C27H22F3IN4O2/c1-26(31,35-24-15-32-14-23(34-24)18-10-8-17(16-36)9-11-18)20-5-3-7-22(13-20)33-25(37)19-4-2-6-21(12-19)27(28,29)30/h2-15,36H,16H2,1H3,(H,33,37)(H,34,35). The number of alkyl halides is 4. The molecule has 4 aromatic rings. The molecule has 4 rings (SSSR count). The van der Waals surface area contributed by atoms with E-state index in [4.69, 9.17) is 0 Å². The number of rotatable bonds is 7. The molecular formula is C27H22F3IN4O2. The van der Waals surface area contributed by atoms with Gasteiger partial charge in [-0.05, 0) is 71.0 Å². The minimum atomic E-state index is -4.53. The van der Waals surface area contributed by atoms with E-state index in [2.05, 4.69) is 43.2 Å². The molecule has 0 saturated carbocycles. The Morgan fingerprint density at radius 1 is 0.973 bits per heavy atom. The lowest BCUT2D eigenvalue weighted by Crippen LogP contribution is -2.25. The van der Waals surface area contributed by atoms with Gasteiger partial charge in [0, 0.05) is 16.8 Å². The van der Waals surface area contributed by atoms with Crippen LogP contribution in [-0.4, -0.2) is 21.0 Å². The van der Waals surface area contributed by atoms with Gasteiger partial charge in [-0.3, -0.25) is 9.78 Å². The van der Waals surface area contributed by atoms with Gasteiger partial charge in [-0.25, -0.2) is 4.98 Å². The van der Waals surface area contributed by atoms with E-state index in [0.717, 1.165) is 28.8 Å². The van der Waals surface area contributed by atoms with Crippen molar-refractivity contribution < 1.29 is 23.1 Å². The van der Waals surface area contributed by atoms with Gasteiger partial charge in [-0.1, -0.05) is 42.5 Å².